The van der Waals surface area contributed by atoms with Crippen LogP contribution in [0.25, 0.3) is 0 Å². The average molecular weight is 237 g/mol. The standard InChI is InChI=1S/C10H15N5S/c1-3-8-4-5-9(16-8)6-11-7(2)10-12-14-15-13-10/h4-5,7,11H,3,6H2,1-2H3,(H,12,13,14,15). The summed E-state index contributed by atoms with van der Waals surface area (Å²) in [6.45, 7) is 5.05. The molecule has 16 heavy (non-hydrogen) atoms. The van der Waals surface area contributed by atoms with Crippen molar-refractivity contribution in [2.24, 2.45) is 0 Å². The molecule has 0 spiro atoms. The molecule has 2 rings (SSSR count). The molecule has 2 aromatic rings. The van der Waals surface area contributed by atoms with Gasteiger partial charge in [-0.3, -0.25) is 0 Å². The maximum absolute atomic E-state index is 3.94. The maximum atomic E-state index is 3.94. The third-order valence-electron chi connectivity index (χ3n) is 2.40. The summed E-state index contributed by atoms with van der Waals surface area (Å²) in [7, 11) is 0. The van der Waals surface area contributed by atoms with Gasteiger partial charge >= 0.3 is 0 Å². The van der Waals surface area contributed by atoms with Crippen molar-refractivity contribution in [2.75, 3.05) is 0 Å². The Balaban J connectivity index is 1.87. The molecule has 2 aromatic heterocycles. The van der Waals surface area contributed by atoms with E-state index in [1.165, 1.54) is 9.75 Å². The van der Waals surface area contributed by atoms with E-state index in [1.807, 2.05) is 18.3 Å². The molecular weight excluding hydrogens is 222 g/mol. The van der Waals surface area contributed by atoms with Crippen LogP contribution in [0.3, 0.4) is 0 Å². The minimum absolute atomic E-state index is 0.117. The van der Waals surface area contributed by atoms with E-state index in [9.17, 15) is 0 Å². The molecule has 0 aliphatic rings. The van der Waals surface area contributed by atoms with Gasteiger partial charge in [0.25, 0.3) is 0 Å². The average Bonchev–Trinajstić information content (AvgIpc) is 2.96. The fraction of sp³-hybridized carbons (Fsp3) is 0.500. The van der Waals surface area contributed by atoms with E-state index in [1.54, 1.807) is 0 Å². The molecule has 1 unspecified atom stereocenters. The van der Waals surface area contributed by atoms with Crippen LogP contribution in [0.4, 0.5) is 0 Å². The Hall–Kier alpha value is -1.27. The lowest BCUT2D eigenvalue weighted by molar-refractivity contribution is 0.550. The Morgan fingerprint density at radius 3 is 2.88 bits per heavy atom. The number of hydrogen-bond acceptors (Lipinski definition) is 5. The van der Waals surface area contributed by atoms with Gasteiger partial charge in [-0.2, -0.15) is 5.21 Å². The van der Waals surface area contributed by atoms with Gasteiger partial charge in [-0.1, -0.05) is 12.1 Å². The molecule has 6 heteroatoms. The van der Waals surface area contributed by atoms with Crippen molar-refractivity contribution in [1.82, 2.24) is 25.9 Å². The predicted molar refractivity (Wildman–Crippen MR) is 63.1 cm³/mol. The fourth-order valence-corrected chi connectivity index (χ4v) is 2.31. The van der Waals surface area contributed by atoms with Gasteiger partial charge < -0.3 is 5.32 Å². The summed E-state index contributed by atoms with van der Waals surface area (Å²) >= 11 is 1.85. The molecule has 0 aliphatic heterocycles. The molecule has 86 valence electrons. The number of tetrazole rings is 1. The van der Waals surface area contributed by atoms with Crippen molar-refractivity contribution in [3.05, 3.63) is 27.7 Å². The van der Waals surface area contributed by atoms with Crippen molar-refractivity contribution >= 4 is 11.3 Å². The molecule has 0 radical (unpaired) electrons. The molecule has 0 amide bonds. The van der Waals surface area contributed by atoms with Crippen LogP contribution >= 0.6 is 11.3 Å². The number of nitrogens with zero attached hydrogens (tertiary/aromatic N) is 3. The van der Waals surface area contributed by atoms with Gasteiger partial charge in [-0.05, 0) is 25.5 Å². The third kappa shape index (κ3) is 2.65. The lowest BCUT2D eigenvalue weighted by Gasteiger charge is -2.07. The lowest BCUT2D eigenvalue weighted by atomic mass is 10.3. The summed E-state index contributed by atoms with van der Waals surface area (Å²) in [4.78, 5) is 2.76. The first kappa shape index (κ1) is 11.2. The Morgan fingerprint density at radius 2 is 2.25 bits per heavy atom. The van der Waals surface area contributed by atoms with Crippen molar-refractivity contribution < 1.29 is 0 Å². The first-order valence-corrected chi connectivity index (χ1v) is 6.15. The molecule has 5 nitrogen and oxygen atoms in total. The highest BCUT2D eigenvalue weighted by molar-refractivity contribution is 7.11. The SMILES string of the molecule is CCc1ccc(CNC(C)c2nn[nH]n2)s1. The minimum Gasteiger partial charge on any atom is -0.302 e. The zero-order valence-electron chi connectivity index (χ0n) is 9.40. The number of thiophene rings is 1. The van der Waals surface area contributed by atoms with Crippen LogP contribution in [-0.4, -0.2) is 20.6 Å². The Labute approximate surface area is 98.3 Å². The van der Waals surface area contributed by atoms with Gasteiger partial charge in [-0.15, -0.1) is 21.5 Å². The number of rotatable bonds is 5. The van der Waals surface area contributed by atoms with Crippen LogP contribution in [0.15, 0.2) is 12.1 Å². The largest absolute Gasteiger partial charge is 0.302 e. The molecule has 0 aliphatic carbocycles. The van der Waals surface area contributed by atoms with Crippen molar-refractivity contribution in [1.29, 1.82) is 0 Å². The molecule has 0 saturated carbocycles. The smallest absolute Gasteiger partial charge is 0.191 e. The van der Waals surface area contributed by atoms with Crippen molar-refractivity contribution in [3.8, 4) is 0 Å². The van der Waals surface area contributed by atoms with E-state index < -0.39 is 0 Å². The van der Waals surface area contributed by atoms with Gasteiger partial charge in [0.2, 0.25) is 0 Å². The van der Waals surface area contributed by atoms with Crippen LogP contribution < -0.4 is 5.32 Å². The second-order valence-corrected chi connectivity index (χ2v) is 4.85. The monoisotopic (exact) mass is 237 g/mol. The third-order valence-corrected chi connectivity index (χ3v) is 3.63. The summed E-state index contributed by atoms with van der Waals surface area (Å²) in [6, 6.07) is 4.46. The number of hydrogen-bond donors (Lipinski definition) is 2. The van der Waals surface area contributed by atoms with Gasteiger partial charge in [0.15, 0.2) is 5.82 Å². The molecule has 0 fully saturated rings. The van der Waals surface area contributed by atoms with E-state index in [2.05, 4.69) is 45.0 Å². The second kappa shape index (κ2) is 5.18. The number of nitrogens with one attached hydrogen (secondary N) is 2. The predicted octanol–water partition coefficient (Wildman–Crippen LogP) is 1.67. The van der Waals surface area contributed by atoms with E-state index in [0.29, 0.717) is 5.82 Å². The number of aryl methyl sites for hydroxylation is 1. The van der Waals surface area contributed by atoms with E-state index in [4.69, 9.17) is 0 Å². The maximum Gasteiger partial charge on any atom is 0.191 e. The van der Waals surface area contributed by atoms with Gasteiger partial charge in [0, 0.05) is 16.3 Å². The Kier molecular flexibility index (Phi) is 3.63. The Morgan fingerprint density at radius 1 is 1.44 bits per heavy atom. The van der Waals surface area contributed by atoms with Crippen LogP contribution in [-0.2, 0) is 13.0 Å². The number of aromatic nitrogens is 4. The van der Waals surface area contributed by atoms with Crippen LogP contribution in [0.1, 0.15) is 35.5 Å². The molecule has 0 saturated heterocycles. The lowest BCUT2D eigenvalue weighted by Crippen LogP contribution is -2.18. The Bertz CT molecular complexity index is 422. The van der Waals surface area contributed by atoms with Crippen molar-refractivity contribution in [2.45, 2.75) is 32.9 Å². The summed E-state index contributed by atoms with van der Waals surface area (Å²) in [5.41, 5.74) is 0. The molecule has 1 atom stereocenters. The highest BCUT2D eigenvalue weighted by Crippen LogP contribution is 2.17. The van der Waals surface area contributed by atoms with Gasteiger partial charge in [-0.25, -0.2) is 0 Å². The molecule has 2 heterocycles. The number of H-pyrrole nitrogens is 1. The van der Waals surface area contributed by atoms with Crippen LogP contribution in [0.5, 0.6) is 0 Å². The molecule has 2 N–H and O–H groups in total. The minimum atomic E-state index is 0.117. The number of aromatic amines is 1. The highest BCUT2D eigenvalue weighted by atomic mass is 32.1. The van der Waals surface area contributed by atoms with Crippen LogP contribution in [0, 0.1) is 0 Å². The zero-order chi connectivity index (χ0) is 11.4. The highest BCUT2D eigenvalue weighted by Gasteiger charge is 2.09. The molecule has 0 bridgehead atoms. The fourth-order valence-electron chi connectivity index (χ4n) is 1.41. The molecule has 0 aromatic carbocycles. The zero-order valence-corrected chi connectivity index (χ0v) is 10.2. The van der Waals surface area contributed by atoms with Crippen LogP contribution in [0.2, 0.25) is 0 Å². The summed E-state index contributed by atoms with van der Waals surface area (Å²) < 4.78 is 0. The summed E-state index contributed by atoms with van der Waals surface area (Å²) in [5, 5.41) is 17.2. The first-order valence-electron chi connectivity index (χ1n) is 5.34. The summed E-state index contributed by atoms with van der Waals surface area (Å²) in [6.07, 6.45) is 1.10. The van der Waals surface area contributed by atoms with E-state index in [-0.39, 0.29) is 6.04 Å². The quantitative estimate of drug-likeness (QED) is 0.830. The molecular formula is C10H15N5S. The van der Waals surface area contributed by atoms with Gasteiger partial charge in [0.05, 0.1) is 6.04 Å². The van der Waals surface area contributed by atoms with E-state index >= 15 is 0 Å². The normalized spacial score (nSPS) is 12.9. The second-order valence-electron chi connectivity index (χ2n) is 3.59. The van der Waals surface area contributed by atoms with Crippen molar-refractivity contribution in [3.63, 3.8) is 0 Å². The first-order chi connectivity index (χ1) is 7.79. The van der Waals surface area contributed by atoms with E-state index in [0.717, 1.165) is 13.0 Å². The topological polar surface area (TPSA) is 66.5 Å². The van der Waals surface area contributed by atoms with Gasteiger partial charge in [0.1, 0.15) is 0 Å². The summed E-state index contributed by atoms with van der Waals surface area (Å²) in [5.74, 6) is 0.701.